The summed E-state index contributed by atoms with van der Waals surface area (Å²) >= 11 is 0. The van der Waals surface area contributed by atoms with E-state index in [0.717, 1.165) is 18.6 Å². The summed E-state index contributed by atoms with van der Waals surface area (Å²) in [6.45, 7) is 3.63. The zero-order valence-corrected chi connectivity index (χ0v) is 13.7. The lowest BCUT2D eigenvalue weighted by atomic mass is 10.1. The van der Waals surface area contributed by atoms with E-state index in [2.05, 4.69) is 12.2 Å². The van der Waals surface area contributed by atoms with Crippen LogP contribution < -0.4 is 4.74 Å². The van der Waals surface area contributed by atoms with Crippen molar-refractivity contribution < 1.29 is 14.6 Å². The number of ketones is 1. The van der Waals surface area contributed by atoms with Gasteiger partial charge in [0, 0.05) is 31.7 Å². The summed E-state index contributed by atoms with van der Waals surface area (Å²) in [5.74, 6) is 0.733. The van der Waals surface area contributed by atoms with Crippen LogP contribution in [-0.4, -0.2) is 42.2 Å². The number of rotatable bonds is 13. The first kappa shape index (κ1) is 19.1. The summed E-state index contributed by atoms with van der Waals surface area (Å²) in [6, 6.07) is 7.07. The van der Waals surface area contributed by atoms with Gasteiger partial charge in [0.05, 0.1) is 11.9 Å². The third kappa shape index (κ3) is 7.74. The number of ether oxygens (including phenoxy) is 1. The van der Waals surface area contributed by atoms with Gasteiger partial charge in [-0.3, -0.25) is 9.80 Å². The van der Waals surface area contributed by atoms with Gasteiger partial charge in [0.25, 0.3) is 0 Å². The van der Waals surface area contributed by atoms with E-state index in [1.807, 2.05) is 0 Å². The zero-order valence-electron chi connectivity index (χ0n) is 13.7. The molecule has 0 radical (unpaired) electrons. The van der Waals surface area contributed by atoms with Crippen LogP contribution in [0.3, 0.4) is 0 Å². The Morgan fingerprint density at radius 2 is 1.91 bits per heavy atom. The van der Waals surface area contributed by atoms with Crippen LogP contribution in [0.15, 0.2) is 29.6 Å². The van der Waals surface area contributed by atoms with E-state index in [0.29, 0.717) is 38.1 Å². The molecule has 128 valence electrons. The van der Waals surface area contributed by atoms with Gasteiger partial charge in [-0.25, -0.2) is 0 Å². The van der Waals surface area contributed by atoms with Crippen molar-refractivity contribution in [3.05, 3.63) is 34.7 Å². The van der Waals surface area contributed by atoms with Crippen LogP contribution in [0.5, 0.6) is 5.75 Å². The predicted octanol–water partition coefficient (Wildman–Crippen LogP) is 3.19. The molecular weight excluding hydrogens is 296 g/mol. The second-order valence-corrected chi connectivity index (χ2v) is 5.37. The Bertz CT molecular complexity index is 462. The van der Waals surface area contributed by atoms with Crippen molar-refractivity contribution in [3.63, 3.8) is 0 Å². The average molecular weight is 322 g/mol. The number of benzene rings is 1. The summed E-state index contributed by atoms with van der Waals surface area (Å²) in [6.07, 6.45) is 3.63. The maximum atomic E-state index is 12.1. The third-order valence-corrected chi connectivity index (χ3v) is 3.48. The van der Waals surface area contributed by atoms with Gasteiger partial charge < -0.3 is 9.84 Å². The van der Waals surface area contributed by atoms with Crippen LogP contribution in [0, 0.1) is 4.91 Å². The Labute approximate surface area is 137 Å². The van der Waals surface area contributed by atoms with Crippen LogP contribution in [0.2, 0.25) is 0 Å². The highest BCUT2D eigenvalue weighted by atomic mass is 16.5. The first-order valence-corrected chi connectivity index (χ1v) is 8.16. The number of carbonyl (C=O) groups is 1. The first-order valence-electron chi connectivity index (χ1n) is 8.16. The molecule has 0 aliphatic carbocycles. The number of Topliss-reactive ketones (excluding diaryl/α,β-unsaturated/α-hetero) is 1. The van der Waals surface area contributed by atoms with Gasteiger partial charge in [0.15, 0.2) is 5.78 Å². The second-order valence-electron chi connectivity index (χ2n) is 5.37. The average Bonchev–Trinajstić information content (AvgIpc) is 2.58. The van der Waals surface area contributed by atoms with E-state index in [9.17, 15) is 9.70 Å². The highest BCUT2D eigenvalue weighted by Crippen LogP contribution is 2.14. The van der Waals surface area contributed by atoms with Crippen LogP contribution in [0.4, 0.5) is 0 Å². The number of nitroso groups, excluding NO2 is 1. The Morgan fingerprint density at radius 3 is 2.52 bits per heavy atom. The summed E-state index contributed by atoms with van der Waals surface area (Å²) in [5, 5.41) is 13.0. The number of nitrogens with zero attached hydrogens (tertiary/aromatic N) is 2. The van der Waals surface area contributed by atoms with Crippen molar-refractivity contribution in [2.24, 2.45) is 5.29 Å². The molecule has 0 spiro atoms. The van der Waals surface area contributed by atoms with Crippen LogP contribution in [-0.2, 0) is 0 Å². The molecule has 0 fully saturated rings. The normalized spacial score (nSPS) is 10.3. The molecule has 1 N–H and O–H groups in total. The molecule has 1 rings (SSSR count). The summed E-state index contributed by atoms with van der Waals surface area (Å²) in [7, 11) is 0. The molecule has 0 atom stereocenters. The minimum atomic E-state index is -0.0269. The van der Waals surface area contributed by atoms with E-state index in [1.54, 1.807) is 24.3 Å². The molecule has 0 unspecified atom stereocenters. The van der Waals surface area contributed by atoms with Gasteiger partial charge >= 0.3 is 0 Å². The minimum absolute atomic E-state index is 0.0269. The summed E-state index contributed by atoms with van der Waals surface area (Å²) in [5.41, 5.74) is 0.606. The van der Waals surface area contributed by atoms with Crippen LogP contribution >= 0.6 is 0 Å². The zero-order chi connectivity index (χ0) is 16.9. The largest absolute Gasteiger partial charge is 0.494 e. The van der Waals surface area contributed by atoms with Crippen molar-refractivity contribution in [1.82, 2.24) is 5.01 Å². The van der Waals surface area contributed by atoms with Crippen molar-refractivity contribution in [2.45, 2.75) is 39.0 Å². The number of aliphatic hydroxyl groups is 1. The molecule has 0 aliphatic rings. The lowest BCUT2D eigenvalue weighted by molar-refractivity contribution is 0.0963. The molecule has 0 aliphatic heterocycles. The summed E-state index contributed by atoms with van der Waals surface area (Å²) in [4.78, 5) is 22.8. The highest BCUT2D eigenvalue weighted by Gasteiger charge is 2.10. The van der Waals surface area contributed by atoms with Gasteiger partial charge in [-0.15, -0.1) is 4.91 Å². The van der Waals surface area contributed by atoms with E-state index >= 15 is 0 Å². The van der Waals surface area contributed by atoms with Gasteiger partial charge in [0.1, 0.15) is 5.75 Å². The molecule has 6 nitrogen and oxygen atoms in total. The highest BCUT2D eigenvalue weighted by molar-refractivity contribution is 5.96. The number of aliphatic hydroxyl groups excluding tert-OH is 1. The molecule has 0 amide bonds. The monoisotopic (exact) mass is 322 g/mol. The maximum absolute atomic E-state index is 12.1. The topological polar surface area (TPSA) is 79.2 Å². The fraction of sp³-hybridized carbons (Fsp3) is 0.588. The van der Waals surface area contributed by atoms with Gasteiger partial charge in [-0.05, 0) is 43.5 Å². The van der Waals surface area contributed by atoms with E-state index in [4.69, 9.17) is 9.84 Å². The quantitative estimate of drug-likeness (QED) is 0.261. The smallest absolute Gasteiger partial charge is 0.164 e. The standard InChI is InChI=1S/C17H26N2O4/c1-2-3-14-23-16-8-6-15(7-9-16)17(21)10-12-19(18-22)11-4-5-13-20/h6-9,20H,2-5,10-14H2,1H3. The maximum Gasteiger partial charge on any atom is 0.164 e. The molecule has 0 aromatic heterocycles. The van der Waals surface area contributed by atoms with Gasteiger partial charge in [0.2, 0.25) is 0 Å². The SMILES string of the molecule is CCCCOc1ccc(C(=O)CCN(CCCCO)N=O)cc1. The molecule has 0 heterocycles. The van der Waals surface area contributed by atoms with E-state index < -0.39 is 0 Å². The van der Waals surface area contributed by atoms with Crippen molar-refractivity contribution in [3.8, 4) is 5.75 Å². The molecular formula is C17H26N2O4. The van der Waals surface area contributed by atoms with E-state index in [-0.39, 0.29) is 18.8 Å². The first-order chi connectivity index (χ1) is 11.2. The van der Waals surface area contributed by atoms with Crippen molar-refractivity contribution >= 4 is 5.78 Å². The molecule has 0 bridgehead atoms. The number of hydrogen-bond acceptors (Lipinski definition) is 5. The lowest BCUT2D eigenvalue weighted by Crippen LogP contribution is -2.22. The Balaban J connectivity index is 2.39. The van der Waals surface area contributed by atoms with Crippen molar-refractivity contribution in [1.29, 1.82) is 0 Å². The molecule has 23 heavy (non-hydrogen) atoms. The third-order valence-electron chi connectivity index (χ3n) is 3.48. The Kier molecular flexibility index (Phi) is 9.63. The van der Waals surface area contributed by atoms with Crippen LogP contribution in [0.1, 0.15) is 49.4 Å². The number of carbonyl (C=O) groups excluding carboxylic acids is 1. The van der Waals surface area contributed by atoms with Crippen LogP contribution in [0.25, 0.3) is 0 Å². The fourth-order valence-electron chi connectivity index (χ4n) is 2.05. The number of hydrogen-bond donors (Lipinski definition) is 1. The minimum Gasteiger partial charge on any atom is -0.494 e. The fourth-order valence-corrected chi connectivity index (χ4v) is 2.05. The molecule has 0 saturated carbocycles. The second kappa shape index (κ2) is 11.6. The molecule has 1 aromatic carbocycles. The van der Waals surface area contributed by atoms with E-state index in [1.165, 1.54) is 5.01 Å². The predicted molar refractivity (Wildman–Crippen MR) is 89.5 cm³/mol. The van der Waals surface area contributed by atoms with Crippen molar-refractivity contribution in [2.75, 3.05) is 26.3 Å². The molecule has 1 aromatic rings. The number of unbranched alkanes of at least 4 members (excludes halogenated alkanes) is 2. The lowest BCUT2D eigenvalue weighted by Gasteiger charge is -2.14. The summed E-state index contributed by atoms with van der Waals surface area (Å²) < 4.78 is 5.56. The Hall–Kier alpha value is -1.95. The molecule has 6 heteroatoms. The van der Waals surface area contributed by atoms with Gasteiger partial charge in [-0.2, -0.15) is 0 Å². The van der Waals surface area contributed by atoms with Gasteiger partial charge in [-0.1, -0.05) is 13.3 Å². The molecule has 0 saturated heterocycles. The Morgan fingerprint density at radius 1 is 1.17 bits per heavy atom.